The van der Waals surface area contributed by atoms with E-state index in [1.54, 1.807) is 13.0 Å². The van der Waals surface area contributed by atoms with E-state index in [0.29, 0.717) is 12.1 Å². The number of aryl methyl sites for hydroxylation is 1. The molecule has 7 heteroatoms. The van der Waals surface area contributed by atoms with Gasteiger partial charge in [-0.15, -0.1) is 0 Å². The monoisotopic (exact) mass is 380 g/mol. The van der Waals surface area contributed by atoms with Gasteiger partial charge in [0.1, 0.15) is 0 Å². The van der Waals surface area contributed by atoms with E-state index in [-0.39, 0.29) is 24.4 Å². The summed E-state index contributed by atoms with van der Waals surface area (Å²) in [7, 11) is 0. The second kappa shape index (κ2) is 8.99. The summed E-state index contributed by atoms with van der Waals surface area (Å²) in [4.78, 5) is 16.0. The van der Waals surface area contributed by atoms with Crippen molar-refractivity contribution in [3.8, 4) is 11.3 Å². The van der Waals surface area contributed by atoms with Gasteiger partial charge in [0.15, 0.2) is 0 Å². The quantitative estimate of drug-likeness (QED) is 0.728. The van der Waals surface area contributed by atoms with Crippen LogP contribution in [0.25, 0.3) is 11.3 Å². The molecule has 1 aromatic heterocycles. The van der Waals surface area contributed by atoms with Crippen LogP contribution in [0.4, 0.5) is 13.2 Å². The lowest BCUT2D eigenvalue weighted by atomic mass is 9.99. The van der Waals surface area contributed by atoms with Crippen molar-refractivity contribution in [1.82, 2.24) is 10.3 Å². The van der Waals surface area contributed by atoms with Crippen molar-refractivity contribution < 1.29 is 22.7 Å². The lowest BCUT2D eigenvalue weighted by Crippen LogP contribution is -2.14. The Bertz CT molecular complexity index is 804. The minimum atomic E-state index is -4.53. The van der Waals surface area contributed by atoms with Crippen molar-refractivity contribution in [2.45, 2.75) is 39.9 Å². The standard InChI is InChI=1S/C20H23F3N2O2/c1-4-24-12-14-8-13(3)6-7-17(14)18-10-15(20(21,22)23)9-16(25-18)11-19(26)27-5-2/h6-10,24H,4-5,11-12H2,1-3H3. The number of alkyl halides is 3. The molecule has 0 bridgehead atoms. The van der Waals surface area contributed by atoms with Crippen LogP contribution in [0.5, 0.6) is 0 Å². The van der Waals surface area contributed by atoms with Crippen LogP contribution in [-0.2, 0) is 28.7 Å². The molecule has 1 N–H and O–H groups in total. The largest absolute Gasteiger partial charge is 0.466 e. The van der Waals surface area contributed by atoms with Crippen LogP contribution in [0, 0.1) is 6.92 Å². The third-order valence-electron chi connectivity index (χ3n) is 3.94. The lowest BCUT2D eigenvalue weighted by Gasteiger charge is -2.15. The number of benzene rings is 1. The number of hydrogen-bond acceptors (Lipinski definition) is 4. The fourth-order valence-electron chi connectivity index (χ4n) is 2.72. The van der Waals surface area contributed by atoms with Gasteiger partial charge in [-0.3, -0.25) is 9.78 Å². The molecule has 0 atom stereocenters. The number of aromatic nitrogens is 1. The molecule has 0 amide bonds. The van der Waals surface area contributed by atoms with Crippen molar-refractivity contribution in [3.05, 3.63) is 52.7 Å². The van der Waals surface area contributed by atoms with E-state index in [0.717, 1.165) is 29.8 Å². The molecule has 1 heterocycles. The highest BCUT2D eigenvalue weighted by Gasteiger charge is 2.32. The Labute approximate surface area is 156 Å². The van der Waals surface area contributed by atoms with Crippen molar-refractivity contribution in [2.75, 3.05) is 13.2 Å². The SMILES string of the molecule is CCNCc1cc(C)ccc1-c1cc(C(F)(F)F)cc(CC(=O)OCC)n1. The molecule has 0 unspecified atom stereocenters. The van der Waals surface area contributed by atoms with Crippen LogP contribution < -0.4 is 5.32 Å². The highest BCUT2D eigenvalue weighted by Crippen LogP contribution is 2.33. The zero-order valence-electron chi connectivity index (χ0n) is 15.6. The third-order valence-corrected chi connectivity index (χ3v) is 3.94. The molecule has 0 saturated heterocycles. The third kappa shape index (κ3) is 5.79. The first-order chi connectivity index (χ1) is 12.7. The van der Waals surface area contributed by atoms with Crippen LogP contribution in [-0.4, -0.2) is 24.1 Å². The second-order valence-corrected chi connectivity index (χ2v) is 6.15. The number of halogens is 3. The summed E-state index contributed by atoms with van der Waals surface area (Å²) in [5.41, 5.74) is 1.86. The normalized spacial score (nSPS) is 11.5. The molecule has 0 radical (unpaired) electrons. The van der Waals surface area contributed by atoms with E-state index in [4.69, 9.17) is 4.74 Å². The number of rotatable bonds is 7. The number of nitrogens with one attached hydrogen (secondary N) is 1. The first-order valence-corrected chi connectivity index (χ1v) is 8.79. The van der Waals surface area contributed by atoms with Gasteiger partial charge in [-0.2, -0.15) is 13.2 Å². The van der Waals surface area contributed by atoms with Gasteiger partial charge in [0.2, 0.25) is 0 Å². The number of esters is 1. The summed E-state index contributed by atoms with van der Waals surface area (Å²) in [6, 6.07) is 7.44. The van der Waals surface area contributed by atoms with Gasteiger partial charge in [-0.1, -0.05) is 30.7 Å². The molecule has 0 aliphatic rings. The Morgan fingerprint density at radius 1 is 1.19 bits per heavy atom. The average Bonchev–Trinajstić information content (AvgIpc) is 2.59. The zero-order valence-corrected chi connectivity index (χ0v) is 15.6. The van der Waals surface area contributed by atoms with E-state index >= 15 is 0 Å². The number of carbonyl (C=O) groups excluding carboxylic acids is 1. The van der Waals surface area contributed by atoms with Gasteiger partial charge in [0.25, 0.3) is 0 Å². The summed E-state index contributed by atoms with van der Waals surface area (Å²) in [6.07, 6.45) is -4.84. The summed E-state index contributed by atoms with van der Waals surface area (Å²) in [5, 5.41) is 3.19. The topological polar surface area (TPSA) is 51.2 Å². The van der Waals surface area contributed by atoms with E-state index in [9.17, 15) is 18.0 Å². The minimum absolute atomic E-state index is 0.0354. The summed E-state index contributed by atoms with van der Waals surface area (Å²) < 4.78 is 44.9. The van der Waals surface area contributed by atoms with Gasteiger partial charge in [0, 0.05) is 12.1 Å². The van der Waals surface area contributed by atoms with Crippen molar-refractivity contribution in [2.24, 2.45) is 0 Å². The Hall–Kier alpha value is -2.41. The van der Waals surface area contributed by atoms with Crippen molar-refractivity contribution in [1.29, 1.82) is 0 Å². The highest BCUT2D eigenvalue weighted by atomic mass is 19.4. The number of ether oxygens (including phenoxy) is 1. The molecule has 0 fully saturated rings. The lowest BCUT2D eigenvalue weighted by molar-refractivity contribution is -0.142. The Morgan fingerprint density at radius 3 is 2.56 bits per heavy atom. The number of hydrogen-bond donors (Lipinski definition) is 1. The number of pyridine rings is 1. The van der Waals surface area contributed by atoms with Crippen molar-refractivity contribution in [3.63, 3.8) is 0 Å². The smallest absolute Gasteiger partial charge is 0.416 e. The Kier molecular flexibility index (Phi) is 6.96. The molecule has 2 rings (SSSR count). The molecule has 0 aliphatic carbocycles. The predicted octanol–water partition coefficient (Wildman–Crippen LogP) is 4.29. The second-order valence-electron chi connectivity index (χ2n) is 6.15. The Balaban J connectivity index is 2.54. The van der Waals surface area contributed by atoms with Crippen LogP contribution in [0.2, 0.25) is 0 Å². The average molecular weight is 380 g/mol. The molecule has 27 heavy (non-hydrogen) atoms. The Morgan fingerprint density at radius 2 is 1.93 bits per heavy atom. The first-order valence-electron chi connectivity index (χ1n) is 8.79. The maximum Gasteiger partial charge on any atom is 0.416 e. The summed E-state index contributed by atoms with van der Waals surface area (Å²) in [5.74, 6) is -0.605. The molecule has 2 aromatic rings. The number of carbonyl (C=O) groups is 1. The van der Waals surface area contributed by atoms with E-state index in [1.807, 2.05) is 26.0 Å². The van der Waals surface area contributed by atoms with Gasteiger partial charge in [0.05, 0.1) is 30.0 Å². The zero-order chi connectivity index (χ0) is 20.0. The molecule has 4 nitrogen and oxygen atoms in total. The van der Waals surface area contributed by atoms with Gasteiger partial charge >= 0.3 is 12.1 Å². The first kappa shape index (κ1) is 20.9. The predicted molar refractivity (Wildman–Crippen MR) is 97.1 cm³/mol. The van der Waals surface area contributed by atoms with Crippen LogP contribution >= 0.6 is 0 Å². The van der Waals surface area contributed by atoms with Crippen molar-refractivity contribution >= 4 is 5.97 Å². The maximum atomic E-state index is 13.4. The maximum absolute atomic E-state index is 13.4. The molecular formula is C20H23F3N2O2. The highest BCUT2D eigenvalue weighted by molar-refractivity contribution is 5.73. The van der Waals surface area contributed by atoms with Crippen LogP contribution in [0.1, 0.15) is 36.2 Å². The fraction of sp³-hybridized carbons (Fsp3) is 0.400. The molecule has 0 saturated carbocycles. The molecule has 1 aromatic carbocycles. The van der Waals surface area contributed by atoms with Crippen LogP contribution in [0.15, 0.2) is 30.3 Å². The van der Waals surface area contributed by atoms with Gasteiger partial charge in [-0.05, 0) is 38.1 Å². The fourth-order valence-corrected chi connectivity index (χ4v) is 2.72. The molecule has 0 spiro atoms. The molecule has 146 valence electrons. The van der Waals surface area contributed by atoms with E-state index < -0.39 is 17.7 Å². The molecular weight excluding hydrogens is 357 g/mol. The molecule has 0 aliphatic heterocycles. The summed E-state index contributed by atoms with van der Waals surface area (Å²) >= 11 is 0. The van der Waals surface area contributed by atoms with E-state index in [1.165, 1.54) is 0 Å². The van der Waals surface area contributed by atoms with Gasteiger partial charge in [-0.25, -0.2) is 0 Å². The van der Waals surface area contributed by atoms with Gasteiger partial charge < -0.3 is 10.1 Å². The summed E-state index contributed by atoms with van der Waals surface area (Å²) in [6.45, 7) is 6.92. The van der Waals surface area contributed by atoms with E-state index in [2.05, 4.69) is 10.3 Å². The minimum Gasteiger partial charge on any atom is -0.466 e. The van der Waals surface area contributed by atoms with Crippen LogP contribution in [0.3, 0.4) is 0 Å². The number of nitrogens with zero attached hydrogens (tertiary/aromatic N) is 1.